The van der Waals surface area contributed by atoms with Gasteiger partial charge in [0, 0.05) is 32.0 Å². The number of anilines is 2. The fourth-order valence-electron chi connectivity index (χ4n) is 1.97. The molecule has 0 amide bonds. The fraction of sp³-hybridized carbons (Fsp3) is 0.294. The number of hydrogen-bond donors (Lipinski definition) is 1. The van der Waals surface area contributed by atoms with Crippen LogP contribution in [0.4, 0.5) is 11.4 Å². The fourth-order valence-corrected chi connectivity index (χ4v) is 1.97. The third-order valence-electron chi connectivity index (χ3n) is 3.46. The van der Waals surface area contributed by atoms with Crippen molar-refractivity contribution in [3.8, 4) is 0 Å². The average molecular weight is 254 g/mol. The molecule has 1 N–H and O–H groups in total. The van der Waals surface area contributed by atoms with Crippen LogP contribution in [0.1, 0.15) is 16.7 Å². The minimum absolute atomic E-state index is 0.857. The molecular formula is C17H22N2. The molecule has 19 heavy (non-hydrogen) atoms. The zero-order chi connectivity index (χ0) is 13.8. The van der Waals surface area contributed by atoms with E-state index < -0.39 is 0 Å². The Morgan fingerprint density at radius 2 is 1.58 bits per heavy atom. The largest absolute Gasteiger partial charge is 0.381 e. The van der Waals surface area contributed by atoms with Crippen LogP contribution < -0.4 is 10.2 Å². The highest BCUT2D eigenvalue weighted by Crippen LogP contribution is 2.16. The lowest BCUT2D eigenvalue weighted by atomic mass is 10.1. The molecule has 0 aliphatic rings. The molecule has 0 atom stereocenters. The van der Waals surface area contributed by atoms with E-state index in [1.54, 1.807) is 0 Å². The number of rotatable bonds is 4. The van der Waals surface area contributed by atoms with Gasteiger partial charge in [-0.15, -0.1) is 0 Å². The van der Waals surface area contributed by atoms with E-state index >= 15 is 0 Å². The van der Waals surface area contributed by atoms with Crippen molar-refractivity contribution in [1.82, 2.24) is 0 Å². The zero-order valence-corrected chi connectivity index (χ0v) is 12.2. The second-order valence-electron chi connectivity index (χ2n) is 5.21. The first kappa shape index (κ1) is 13.5. The van der Waals surface area contributed by atoms with Crippen LogP contribution in [0, 0.1) is 13.8 Å². The molecule has 0 aliphatic carbocycles. The summed E-state index contributed by atoms with van der Waals surface area (Å²) in [4.78, 5) is 2.11. The Labute approximate surface area is 116 Å². The molecule has 0 saturated heterocycles. The van der Waals surface area contributed by atoms with Crippen LogP contribution in [0.25, 0.3) is 0 Å². The summed E-state index contributed by atoms with van der Waals surface area (Å²) >= 11 is 0. The molecule has 0 radical (unpaired) electrons. The maximum atomic E-state index is 3.46. The highest BCUT2D eigenvalue weighted by molar-refractivity contribution is 5.50. The summed E-state index contributed by atoms with van der Waals surface area (Å²) in [6.45, 7) is 5.14. The predicted octanol–water partition coefficient (Wildman–Crippen LogP) is 3.98. The monoisotopic (exact) mass is 254 g/mol. The van der Waals surface area contributed by atoms with Gasteiger partial charge in [0.1, 0.15) is 0 Å². The molecule has 0 fully saturated rings. The molecule has 0 heterocycles. The van der Waals surface area contributed by atoms with Gasteiger partial charge in [0.05, 0.1) is 0 Å². The molecule has 0 bridgehead atoms. The van der Waals surface area contributed by atoms with E-state index in [9.17, 15) is 0 Å². The van der Waals surface area contributed by atoms with Crippen molar-refractivity contribution in [2.24, 2.45) is 0 Å². The Balaban J connectivity index is 2.00. The van der Waals surface area contributed by atoms with E-state index in [4.69, 9.17) is 0 Å². The molecule has 2 rings (SSSR count). The summed E-state index contributed by atoms with van der Waals surface area (Å²) in [5, 5.41) is 3.46. The zero-order valence-electron chi connectivity index (χ0n) is 12.2. The molecule has 0 aromatic heterocycles. The molecule has 2 heteroatoms. The van der Waals surface area contributed by atoms with Crippen molar-refractivity contribution in [2.75, 3.05) is 24.3 Å². The van der Waals surface area contributed by atoms with Gasteiger partial charge in [0.2, 0.25) is 0 Å². The average Bonchev–Trinajstić information content (AvgIpc) is 2.40. The van der Waals surface area contributed by atoms with Gasteiger partial charge in [0.25, 0.3) is 0 Å². The van der Waals surface area contributed by atoms with Gasteiger partial charge in [-0.1, -0.05) is 18.2 Å². The number of nitrogens with one attached hydrogen (secondary N) is 1. The third kappa shape index (κ3) is 3.50. The Kier molecular flexibility index (Phi) is 4.10. The summed E-state index contributed by atoms with van der Waals surface area (Å²) < 4.78 is 0. The van der Waals surface area contributed by atoms with Crippen molar-refractivity contribution >= 4 is 11.4 Å². The van der Waals surface area contributed by atoms with Crippen LogP contribution in [0.5, 0.6) is 0 Å². The van der Waals surface area contributed by atoms with Gasteiger partial charge < -0.3 is 10.2 Å². The molecule has 0 saturated carbocycles. The molecule has 0 unspecified atom stereocenters. The van der Waals surface area contributed by atoms with Gasteiger partial charge in [0.15, 0.2) is 0 Å². The number of nitrogens with zero attached hydrogens (tertiary/aromatic N) is 1. The first-order valence-corrected chi connectivity index (χ1v) is 6.63. The first-order chi connectivity index (χ1) is 9.06. The van der Waals surface area contributed by atoms with Crippen LogP contribution >= 0.6 is 0 Å². The van der Waals surface area contributed by atoms with Gasteiger partial charge >= 0.3 is 0 Å². The van der Waals surface area contributed by atoms with Crippen molar-refractivity contribution < 1.29 is 0 Å². The van der Waals surface area contributed by atoms with E-state index in [0.717, 1.165) is 6.54 Å². The number of benzene rings is 2. The van der Waals surface area contributed by atoms with Crippen LogP contribution in [0.15, 0.2) is 42.5 Å². The van der Waals surface area contributed by atoms with Crippen LogP contribution in [0.2, 0.25) is 0 Å². The summed E-state index contributed by atoms with van der Waals surface area (Å²) in [5.41, 5.74) is 6.37. The first-order valence-electron chi connectivity index (χ1n) is 6.63. The lowest BCUT2D eigenvalue weighted by Gasteiger charge is -2.13. The Hall–Kier alpha value is -1.96. The van der Waals surface area contributed by atoms with Crippen molar-refractivity contribution in [3.05, 3.63) is 59.2 Å². The Morgan fingerprint density at radius 1 is 0.895 bits per heavy atom. The molecule has 0 spiro atoms. The molecule has 0 aliphatic heterocycles. The van der Waals surface area contributed by atoms with E-state index in [2.05, 4.69) is 80.6 Å². The van der Waals surface area contributed by atoms with Gasteiger partial charge in [-0.2, -0.15) is 0 Å². The minimum Gasteiger partial charge on any atom is -0.381 e. The van der Waals surface area contributed by atoms with Crippen LogP contribution in [-0.2, 0) is 6.54 Å². The van der Waals surface area contributed by atoms with Gasteiger partial charge in [-0.05, 0) is 54.8 Å². The Bertz CT molecular complexity index is 542. The number of hydrogen-bond acceptors (Lipinski definition) is 2. The summed E-state index contributed by atoms with van der Waals surface area (Å²) in [5.74, 6) is 0. The summed E-state index contributed by atoms with van der Waals surface area (Å²) in [6.07, 6.45) is 0. The molecule has 2 nitrogen and oxygen atoms in total. The molecule has 2 aromatic rings. The van der Waals surface area contributed by atoms with Crippen molar-refractivity contribution in [1.29, 1.82) is 0 Å². The second-order valence-corrected chi connectivity index (χ2v) is 5.21. The van der Waals surface area contributed by atoms with E-state index in [-0.39, 0.29) is 0 Å². The van der Waals surface area contributed by atoms with E-state index in [1.807, 2.05) is 0 Å². The SMILES string of the molecule is Cc1ccc(NCc2ccc(N(C)C)cc2)cc1C. The van der Waals surface area contributed by atoms with E-state index in [0.29, 0.717) is 0 Å². The van der Waals surface area contributed by atoms with Crippen LogP contribution in [-0.4, -0.2) is 14.1 Å². The normalized spacial score (nSPS) is 10.3. The van der Waals surface area contributed by atoms with Crippen molar-refractivity contribution in [2.45, 2.75) is 20.4 Å². The lowest BCUT2D eigenvalue weighted by molar-refractivity contribution is 1.11. The molecular weight excluding hydrogens is 232 g/mol. The predicted molar refractivity (Wildman–Crippen MR) is 84.0 cm³/mol. The van der Waals surface area contributed by atoms with Gasteiger partial charge in [-0.3, -0.25) is 0 Å². The molecule has 100 valence electrons. The highest BCUT2D eigenvalue weighted by atomic mass is 15.1. The molecule has 2 aromatic carbocycles. The topological polar surface area (TPSA) is 15.3 Å². The Morgan fingerprint density at radius 3 is 2.16 bits per heavy atom. The minimum atomic E-state index is 0.857. The summed E-state index contributed by atoms with van der Waals surface area (Å²) in [7, 11) is 4.12. The maximum Gasteiger partial charge on any atom is 0.0400 e. The van der Waals surface area contributed by atoms with Crippen molar-refractivity contribution in [3.63, 3.8) is 0 Å². The third-order valence-corrected chi connectivity index (χ3v) is 3.46. The highest BCUT2D eigenvalue weighted by Gasteiger charge is 1.98. The summed E-state index contributed by atoms with van der Waals surface area (Å²) in [6, 6.07) is 15.1. The number of aryl methyl sites for hydroxylation is 2. The lowest BCUT2D eigenvalue weighted by Crippen LogP contribution is -2.08. The van der Waals surface area contributed by atoms with E-state index in [1.165, 1.54) is 28.1 Å². The smallest absolute Gasteiger partial charge is 0.0400 e. The van der Waals surface area contributed by atoms with Gasteiger partial charge in [-0.25, -0.2) is 0 Å². The standard InChI is InChI=1S/C17H22N2/c1-13-5-8-16(11-14(13)2)18-12-15-6-9-17(10-7-15)19(3)4/h5-11,18H,12H2,1-4H3. The quantitative estimate of drug-likeness (QED) is 0.887. The van der Waals surface area contributed by atoms with Crippen LogP contribution in [0.3, 0.4) is 0 Å². The second kappa shape index (κ2) is 5.79. The maximum absolute atomic E-state index is 3.46.